The third-order valence-corrected chi connectivity index (χ3v) is 7.26. The number of thioether (sulfide) groups is 1. The Balaban J connectivity index is 1.32. The van der Waals surface area contributed by atoms with E-state index in [2.05, 4.69) is 9.76 Å². The summed E-state index contributed by atoms with van der Waals surface area (Å²) in [5.41, 5.74) is 2.48. The number of nitrogens with zero attached hydrogens (tertiary/aromatic N) is 2. The summed E-state index contributed by atoms with van der Waals surface area (Å²) in [6.45, 7) is 0.164. The maximum atomic E-state index is 12.5. The van der Waals surface area contributed by atoms with Crippen LogP contribution in [0.1, 0.15) is 25.7 Å². The molecule has 4 rings (SSSR count). The van der Waals surface area contributed by atoms with Crippen LogP contribution in [-0.4, -0.2) is 71.1 Å². The molecule has 10 nitrogen and oxygen atoms in total. The van der Waals surface area contributed by atoms with Crippen molar-refractivity contribution >= 4 is 34.1 Å². The van der Waals surface area contributed by atoms with Crippen molar-refractivity contribution in [3.05, 3.63) is 0 Å². The Bertz CT molecular complexity index is 691. The number of hydrogen-bond acceptors (Lipinski definition) is 7. The van der Waals surface area contributed by atoms with Gasteiger partial charge in [-0.1, -0.05) is 0 Å². The average Bonchev–Trinajstić information content (AvgIpc) is 3.22. The number of hydroxylamine groups is 3. The molecule has 3 unspecified atom stereocenters. The van der Waals surface area contributed by atoms with Gasteiger partial charge in [0.05, 0.1) is 12.1 Å². The zero-order valence-electron chi connectivity index (χ0n) is 13.9. The van der Waals surface area contributed by atoms with Crippen LogP contribution in [0.2, 0.25) is 0 Å². The molecule has 0 aromatic heterocycles. The van der Waals surface area contributed by atoms with E-state index in [1.54, 1.807) is 0 Å². The standard InChI is InChI=1S/C14H21N3O7S2/c18-13(15-23-11-3-8-6-25-7-9(8)4-11)12-2-1-10-5-16(12)14(19)17(10)24-26(20,21)22/h8-12H,1-7H2,(H,15,18)(H,20,21,22)/t8?,9?,10?,11?,12-/m0/s1. The zero-order chi connectivity index (χ0) is 18.5. The Kier molecular flexibility index (Phi) is 4.80. The summed E-state index contributed by atoms with van der Waals surface area (Å²) < 4.78 is 34.9. The third-order valence-electron chi connectivity index (χ3n) is 5.59. The van der Waals surface area contributed by atoms with Crippen molar-refractivity contribution in [1.29, 1.82) is 0 Å². The van der Waals surface area contributed by atoms with Gasteiger partial charge in [-0.25, -0.2) is 10.3 Å². The van der Waals surface area contributed by atoms with Crippen molar-refractivity contribution in [3.63, 3.8) is 0 Å². The minimum atomic E-state index is -4.79. The number of nitrogens with one attached hydrogen (secondary N) is 1. The lowest BCUT2D eigenvalue weighted by Gasteiger charge is -2.29. The first-order valence-corrected chi connectivity index (χ1v) is 11.1. The van der Waals surface area contributed by atoms with Gasteiger partial charge in [-0.2, -0.15) is 25.2 Å². The van der Waals surface area contributed by atoms with Gasteiger partial charge in [0.1, 0.15) is 6.04 Å². The number of urea groups is 1. The van der Waals surface area contributed by atoms with Crippen LogP contribution < -0.4 is 5.48 Å². The zero-order valence-corrected chi connectivity index (χ0v) is 15.6. The molecule has 3 amide bonds. The smallest absolute Gasteiger partial charge is 0.309 e. The summed E-state index contributed by atoms with van der Waals surface area (Å²) >= 11 is 1.96. The third kappa shape index (κ3) is 3.52. The SMILES string of the molecule is O=C(NOC1CC2CSCC2C1)[C@@H]1CCC2CN1C(=O)N2OS(=O)(=O)O. The maximum Gasteiger partial charge on any atom is 0.418 e. The van der Waals surface area contributed by atoms with Crippen LogP contribution in [0.25, 0.3) is 0 Å². The Morgan fingerprint density at radius 1 is 1.23 bits per heavy atom. The average molecular weight is 407 g/mol. The normalized spacial score (nSPS) is 36.5. The fourth-order valence-corrected chi connectivity index (χ4v) is 6.29. The minimum absolute atomic E-state index is 0.000155. The van der Waals surface area contributed by atoms with E-state index in [0.29, 0.717) is 29.7 Å². The summed E-state index contributed by atoms with van der Waals surface area (Å²) in [6.07, 6.45) is 2.62. The molecule has 3 saturated heterocycles. The molecule has 4 atom stereocenters. The van der Waals surface area contributed by atoms with Crippen LogP contribution >= 0.6 is 11.8 Å². The lowest BCUT2D eigenvalue weighted by molar-refractivity contribution is -0.143. The van der Waals surface area contributed by atoms with E-state index in [0.717, 1.165) is 24.3 Å². The second-order valence-corrected chi connectivity index (χ2v) is 9.32. The molecule has 0 spiro atoms. The van der Waals surface area contributed by atoms with Crippen LogP contribution in [0.15, 0.2) is 0 Å². The van der Waals surface area contributed by atoms with E-state index in [1.807, 2.05) is 11.8 Å². The van der Waals surface area contributed by atoms with E-state index in [9.17, 15) is 18.0 Å². The van der Waals surface area contributed by atoms with Crippen LogP contribution in [0, 0.1) is 11.8 Å². The van der Waals surface area contributed by atoms with Crippen LogP contribution in [-0.2, 0) is 24.3 Å². The highest BCUT2D eigenvalue weighted by atomic mass is 32.3. The van der Waals surface area contributed by atoms with Crippen molar-refractivity contribution < 1.29 is 31.7 Å². The van der Waals surface area contributed by atoms with Gasteiger partial charge in [-0.05, 0) is 49.0 Å². The molecule has 26 heavy (non-hydrogen) atoms. The van der Waals surface area contributed by atoms with Crippen molar-refractivity contribution in [1.82, 2.24) is 15.4 Å². The van der Waals surface area contributed by atoms with Gasteiger partial charge in [0.2, 0.25) is 0 Å². The van der Waals surface area contributed by atoms with E-state index in [1.165, 1.54) is 4.90 Å². The first-order valence-electron chi connectivity index (χ1n) is 8.62. The molecule has 3 aliphatic heterocycles. The Labute approximate surface area is 155 Å². The quantitative estimate of drug-likeness (QED) is 0.488. The molecule has 2 bridgehead atoms. The Hall–Kier alpha value is -1.08. The summed E-state index contributed by atoms with van der Waals surface area (Å²) in [6, 6.07) is -2.01. The number of rotatable bonds is 5. The lowest BCUT2D eigenvalue weighted by Crippen LogP contribution is -2.50. The molecule has 146 valence electrons. The van der Waals surface area contributed by atoms with Gasteiger partial charge in [-0.3, -0.25) is 14.2 Å². The highest BCUT2D eigenvalue weighted by Crippen LogP contribution is 2.42. The molecule has 3 heterocycles. The van der Waals surface area contributed by atoms with Crippen LogP contribution in [0.3, 0.4) is 0 Å². The number of hydrogen-bond donors (Lipinski definition) is 2. The highest BCUT2D eigenvalue weighted by molar-refractivity contribution is 7.99. The first-order chi connectivity index (χ1) is 12.3. The van der Waals surface area contributed by atoms with E-state index < -0.39 is 34.4 Å². The number of carbonyl (C=O) groups is 2. The summed E-state index contributed by atoms with van der Waals surface area (Å²) in [5, 5.41) is 0.624. The second-order valence-electron chi connectivity index (χ2n) is 7.25. The molecule has 0 aromatic rings. The summed E-state index contributed by atoms with van der Waals surface area (Å²) in [4.78, 5) is 31.6. The van der Waals surface area contributed by atoms with Crippen molar-refractivity contribution in [2.75, 3.05) is 18.1 Å². The van der Waals surface area contributed by atoms with Gasteiger partial charge in [0.15, 0.2) is 0 Å². The second kappa shape index (κ2) is 6.82. The number of piperidine rings is 1. The molecule has 1 aliphatic carbocycles. The Morgan fingerprint density at radius 2 is 1.92 bits per heavy atom. The minimum Gasteiger partial charge on any atom is -0.309 e. The molecule has 0 aromatic carbocycles. The molecule has 0 radical (unpaired) electrons. The van der Waals surface area contributed by atoms with Crippen molar-refractivity contribution in [2.24, 2.45) is 11.8 Å². The number of fused-ring (bicyclic) bond motifs is 3. The van der Waals surface area contributed by atoms with Gasteiger partial charge >= 0.3 is 16.4 Å². The van der Waals surface area contributed by atoms with Crippen LogP contribution in [0.4, 0.5) is 4.79 Å². The molecular weight excluding hydrogens is 386 g/mol. The van der Waals surface area contributed by atoms with Crippen molar-refractivity contribution in [3.8, 4) is 0 Å². The first kappa shape index (κ1) is 18.3. The predicted octanol–water partition coefficient (Wildman–Crippen LogP) is 0.179. The summed E-state index contributed by atoms with van der Waals surface area (Å²) in [5.74, 6) is 3.19. The topological polar surface area (TPSA) is 125 Å². The van der Waals surface area contributed by atoms with Crippen molar-refractivity contribution in [2.45, 2.75) is 43.9 Å². The molecular formula is C14H21N3O7S2. The Morgan fingerprint density at radius 3 is 2.58 bits per heavy atom. The highest BCUT2D eigenvalue weighted by Gasteiger charge is 2.49. The predicted molar refractivity (Wildman–Crippen MR) is 89.9 cm³/mol. The van der Waals surface area contributed by atoms with Gasteiger partial charge < -0.3 is 4.90 Å². The largest absolute Gasteiger partial charge is 0.418 e. The molecule has 4 aliphatic rings. The molecule has 1 saturated carbocycles. The lowest BCUT2D eigenvalue weighted by atomic mass is 10.0. The monoisotopic (exact) mass is 407 g/mol. The number of carbonyl (C=O) groups excluding carboxylic acids is 2. The molecule has 2 N–H and O–H groups in total. The van der Waals surface area contributed by atoms with E-state index in [-0.39, 0.29) is 12.6 Å². The fourth-order valence-electron chi connectivity index (χ4n) is 4.35. The molecule has 4 fully saturated rings. The van der Waals surface area contributed by atoms with Gasteiger partial charge in [-0.15, -0.1) is 4.28 Å². The van der Waals surface area contributed by atoms with Crippen LogP contribution in [0.5, 0.6) is 0 Å². The maximum absolute atomic E-state index is 12.5. The molecule has 12 heteroatoms. The van der Waals surface area contributed by atoms with Gasteiger partial charge in [0, 0.05) is 6.54 Å². The number of amides is 3. The van der Waals surface area contributed by atoms with E-state index >= 15 is 0 Å². The van der Waals surface area contributed by atoms with E-state index in [4.69, 9.17) is 9.39 Å². The fraction of sp³-hybridized carbons (Fsp3) is 0.857. The van der Waals surface area contributed by atoms with Gasteiger partial charge in [0.25, 0.3) is 5.91 Å². The summed E-state index contributed by atoms with van der Waals surface area (Å²) in [7, 11) is -4.79.